The maximum atomic E-state index is 12.6. The molecule has 2 aromatic carbocycles. The maximum absolute atomic E-state index is 12.6. The van der Waals surface area contributed by atoms with Gasteiger partial charge in [0, 0.05) is 25.1 Å². The van der Waals surface area contributed by atoms with Crippen molar-refractivity contribution in [2.45, 2.75) is 19.9 Å². The SMILES string of the molecule is COc1ccccc1CNC(=O)C1CC(=O)N(c2cc(C)ccc2OC)C1. The number of hydrogen-bond donors (Lipinski definition) is 1. The van der Waals surface area contributed by atoms with E-state index in [1.807, 2.05) is 49.4 Å². The molecule has 142 valence electrons. The van der Waals surface area contributed by atoms with Crippen LogP contribution >= 0.6 is 0 Å². The summed E-state index contributed by atoms with van der Waals surface area (Å²) in [7, 11) is 3.18. The number of nitrogens with one attached hydrogen (secondary N) is 1. The molecule has 1 fully saturated rings. The lowest BCUT2D eigenvalue weighted by molar-refractivity contribution is -0.126. The van der Waals surface area contributed by atoms with Crippen molar-refractivity contribution in [3.8, 4) is 11.5 Å². The van der Waals surface area contributed by atoms with Crippen molar-refractivity contribution in [1.82, 2.24) is 5.32 Å². The van der Waals surface area contributed by atoms with Crippen LogP contribution in [0.15, 0.2) is 42.5 Å². The maximum Gasteiger partial charge on any atom is 0.227 e. The minimum absolute atomic E-state index is 0.0728. The lowest BCUT2D eigenvalue weighted by atomic mass is 10.1. The Bertz CT molecular complexity index is 850. The van der Waals surface area contributed by atoms with Crippen LogP contribution in [0.2, 0.25) is 0 Å². The third kappa shape index (κ3) is 4.05. The van der Waals surface area contributed by atoms with Crippen molar-refractivity contribution in [2.24, 2.45) is 5.92 Å². The molecular formula is C21H24N2O4. The second kappa shape index (κ2) is 8.12. The standard InChI is InChI=1S/C21H24N2O4/c1-14-8-9-19(27-3)17(10-14)23-13-16(11-20(23)24)21(25)22-12-15-6-4-5-7-18(15)26-2/h4-10,16H,11-13H2,1-3H3,(H,22,25). The van der Waals surface area contributed by atoms with Crippen LogP contribution in [0.3, 0.4) is 0 Å². The number of methoxy groups -OCH3 is 2. The number of carbonyl (C=O) groups is 2. The van der Waals surface area contributed by atoms with Gasteiger partial charge < -0.3 is 19.7 Å². The molecule has 1 saturated heterocycles. The molecular weight excluding hydrogens is 344 g/mol. The fourth-order valence-electron chi connectivity index (χ4n) is 3.30. The molecule has 2 amide bonds. The molecule has 6 nitrogen and oxygen atoms in total. The minimum atomic E-state index is -0.391. The minimum Gasteiger partial charge on any atom is -0.496 e. The van der Waals surface area contributed by atoms with Gasteiger partial charge in [0.25, 0.3) is 0 Å². The van der Waals surface area contributed by atoms with E-state index in [1.165, 1.54) is 0 Å². The van der Waals surface area contributed by atoms with Crippen LogP contribution < -0.4 is 19.7 Å². The van der Waals surface area contributed by atoms with Gasteiger partial charge in [-0.25, -0.2) is 0 Å². The van der Waals surface area contributed by atoms with Crippen LogP contribution in [0.5, 0.6) is 11.5 Å². The summed E-state index contributed by atoms with van der Waals surface area (Å²) in [5.41, 5.74) is 2.64. The van der Waals surface area contributed by atoms with E-state index in [9.17, 15) is 9.59 Å². The summed E-state index contributed by atoms with van der Waals surface area (Å²) in [6.07, 6.45) is 0.189. The average Bonchev–Trinajstić information content (AvgIpc) is 3.07. The summed E-state index contributed by atoms with van der Waals surface area (Å²) in [5.74, 6) is 0.757. The summed E-state index contributed by atoms with van der Waals surface area (Å²) in [6, 6.07) is 13.2. The summed E-state index contributed by atoms with van der Waals surface area (Å²) in [5, 5.41) is 2.92. The monoisotopic (exact) mass is 368 g/mol. The number of anilines is 1. The summed E-state index contributed by atoms with van der Waals surface area (Å²) in [4.78, 5) is 26.8. The van der Waals surface area contributed by atoms with Crippen molar-refractivity contribution < 1.29 is 19.1 Å². The molecule has 2 aromatic rings. The first-order valence-electron chi connectivity index (χ1n) is 8.88. The van der Waals surface area contributed by atoms with E-state index in [4.69, 9.17) is 9.47 Å². The first kappa shape index (κ1) is 18.8. The Balaban J connectivity index is 1.68. The molecule has 0 aliphatic carbocycles. The van der Waals surface area contributed by atoms with Crippen LogP contribution in [-0.2, 0) is 16.1 Å². The zero-order valence-electron chi connectivity index (χ0n) is 15.8. The Morgan fingerprint density at radius 1 is 1.15 bits per heavy atom. The number of aryl methyl sites for hydroxylation is 1. The van der Waals surface area contributed by atoms with Gasteiger partial charge in [-0.15, -0.1) is 0 Å². The van der Waals surface area contributed by atoms with E-state index in [-0.39, 0.29) is 18.2 Å². The fourth-order valence-corrected chi connectivity index (χ4v) is 3.30. The Kier molecular flexibility index (Phi) is 5.64. The van der Waals surface area contributed by atoms with Crippen molar-refractivity contribution in [1.29, 1.82) is 0 Å². The molecule has 1 aliphatic heterocycles. The van der Waals surface area contributed by atoms with Gasteiger partial charge in [-0.1, -0.05) is 24.3 Å². The van der Waals surface area contributed by atoms with E-state index in [0.29, 0.717) is 24.5 Å². The smallest absolute Gasteiger partial charge is 0.227 e. The molecule has 0 radical (unpaired) electrons. The highest BCUT2D eigenvalue weighted by molar-refractivity contribution is 6.01. The second-order valence-electron chi connectivity index (χ2n) is 6.61. The van der Waals surface area contributed by atoms with Gasteiger partial charge in [-0.2, -0.15) is 0 Å². The number of benzene rings is 2. The number of ether oxygens (including phenoxy) is 2. The largest absolute Gasteiger partial charge is 0.496 e. The van der Waals surface area contributed by atoms with E-state index in [1.54, 1.807) is 19.1 Å². The van der Waals surface area contributed by atoms with E-state index < -0.39 is 5.92 Å². The van der Waals surface area contributed by atoms with Gasteiger partial charge in [0.1, 0.15) is 11.5 Å². The number of carbonyl (C=O) groups excluding carboxylic acids is 2. The molecule has 0 bridgehead atoms. The molecule has 6 heteroatoms. The van der Waals surface area contributed by atoms with Gasteiger partial charge in [0.2, 0.25) is 11.8 Å². The van der Waals surface area contributed by atoms with Gasteiger partial charge in [0.15, 0.2) is 0 Å². The van der Waals surface area contributed by atoms with Crippen LogP contribution in [0, 0.1) is 12.8 Å². The van der Waals surface area contributed by atoms with Gasteiger partial charge in [-0.3, -0.25) is 9.59 Å². The normalized spacial score (nSPS) is 16.3. The third-order valence-corrected chi connectivity index (χ3v) is 4.77. The molecule has 0 aromatic heterocycles. The number of amides is 2. The highest BCUT2D eigenvalue weighted by Crippen LogP contribution is 2.34. The van der Waals surface area contributed by atoms with Crippen LogP contribution in [-0.4, -0.2) is 32.6 Å². The lowest BCUT2D eigenvalue weighted by Crippen LogP contribution is -2.32. The predicted octanol–water partition coefficient (Wildman–Crippen LogP) is 2.68. The Labute approximate surface area is 159 Å². The lowest BCUT2D eigenvalue weighted by Gasteiger charge is -2.20. The first-order valence-corrected chi connectivity index (χ1v) is 8.88. The van der Waals surface area contributed by atoms with E-state index in [2.05, 4.69) is 5.32 Å². The molecule has 1 aliphatic rings. The number of rotatable bonds is 6. The van der Waals surface area contributed by atoms with Gasteiger partial charge in [-0.05, 0) is 30.7 Å². The summed E-state index contributed by atoms with van der Waals surface area (Å²) >= 11 is 0. The molecule has 27 heavy (non-hydrogen) atoms. The topological polar surface area (TPSA) is 67.9 Å². The predicted molar refractivity (Wildman–Crippen MR) is 103 cm³/mol. The highest BCUT2D eigenvalue weighted by Gasteiger charge is 2.36. The van der Waals surface area contributed by atoms with Crippen molar-refractivity contribution in [3.05, 3.63) is 53.6 Å². The molecule has 1 N–H and O–H groups in total. The zero-order valence-corrected chi connectivity index (χ0v) is 15.8. The number of hydrogen-bond acceptors (Lipinski definition) is 4. The quantitative estimate of drug-likeness (QED) is 0.851. The van der Waals surface area contributed by atoms with E-state index in [0.717, 1.165) is 16.9 Å². The molecule has 1 atom stereocenters. The summed E-state index contributed by atoms with van der Waals surface area (Å²) in [6.45, 7) is 2.67. The Morgan fingerprint density at radius 3 is 2.63 bits per heavy atom. The molecule has 0 spiro atoms. The van der Waals surface area contributed by atoms with Crippen molar-refractivity contribution in [3.63, 3.8) is 0 Å². The second-order valence-corrected chi connectivity index (χ2v) is 6.61. The number of nitrogens with zero attached hydrogens (tertiary/aromatic N) is 1. The average molecular weight is 368 g/mol. The van der Waals surface area contributed by atoms with Gasteiger partial charge in [0.05, 0.1) is 25.8 Å². The third-order valence-electron chi connectivity index (χ3n) is 4.77. The zero-order chi connectivity index (χ0) is 19.4. The first-order chi connectivity index (χ1) is 13.0. The van der Waals surface area contributed by atoms with Crippen LogP contribution in [0.1, 0.15) is 17.5 Å². The fraction of sp³-hybridized carbons (Fsp3) is 0.333. The molecule has 1 heterocycles. The van der Waals surface area contributed by atoms with Crippen molar-refractivity contribution >= 4 is 17.5 Å². The van der Waals surface area contributed by atoms with E-state index >= 15 is 0 Å². The Hall–Kier alpha value is -3.02. The Morgan fingerprint density at radius 2 is 1.89 bits per heavy atom. The van der Waals surface area contributed by atoms with Crippen LogP contribution in [0.25, 0.3) is 0 Å². The van der Waals surface area contributed by atoms with Crippen molar-refractivity contribution in [2.75, 3.05) is 25.7 Å². The van der Waals surface area contributed by atoms with Crippen LogP contribution in [0.4, 0.5) is 5.69 Å². The van der Waals surface area contributed by atoms with Gasteiger partial charge >= 0.3 is 0 Å². The highest BCUT2D eigenvalue weighted by atomic mass is 16.5. The number of para-hydroxylation sites is 1. The molecule has 1 unspecified atom stereocenters. The summed E-state index contributed by atoms with van der Waals surface area (Å²) < 4.78 is 10.7. The molecule has 0 saturated carbocycles. The molecule has 3 rings (SSSR count).